The van der Waals surface area contributed by atoms with Crippen molar-refractivity contribution in [1.82, 2.24) is 0 Å². The summed E-state index contributed by atoms with van der Waals surface area (Å²) in [6, 6.07) is 0. The topological polar surface area (TPSA) is 63.0 Å². The summed E-state index contributed by atoms with van der Waals surface area (Å²) in [6.45, 7) is 1.81. The molecule has 0 heterocycles. The Morgan fingerprint density at radius 3 is 1.57 bits per heavy atom. The molecular formula is C2H11BFKO2. The van der Waals surface area contributed by atoms with Crippen molar-refractivity contribution in [2.24, 2.45) is 0 Å². The molecule has 7 heavy (non-hydrogen) atoms. The standard InChI is InChI=1S/C2H6BF.K.2H2O.H/c1-2-3-4;;;;/h3H,2H2,1H3;;2*1H2;. The fourth-order valence-electron chi connectivity index (χ4n) is 0. The van der Waals surface area contributed by atoms with Gasteiger partial charge in [-0.1, -0.05) is 6.92 Å². The zero-order valence-electron chi connectivity index (χ0n) is 3.79. The van der Waals surface area contributed by atoms with Crippen LogP contribution in [0.15, 0.2) is 0 Å². The summed E-state index contributed by atoms with van der Waals surface area (Å²) in [6.07, 6.45) is 0.653. The normalized spacial score (nSPS) is 3.71. The predicted molar refractivity (Wildman–Crippen MR) is 33.1 cm³/mol. The number of hydrogen-bond acceptors (Lipinski definition) is 0. The first-order valence-electron chi connectivity index (χ1n) is 1.47. The third kappa shape index (κ3) is 35.8. The average Bonchev–Trinajstić information content (AvgIpc) is 1.37. The second kappa shape index (κ2) is 25.7. The Balaban J connectivity index is -0.0000000150. The van der Waals surface area contributed by atoms with Gasteiger partial charge in [0.2, 0.25) is 0 Å². The predicted octanol–water partition coefficient (Wildman–Crippen LogP) is -1.55. The van der Waals surface area contributed by atoms with E-state index in [0.29, 0.717) is 6.32 Å². The van der Waals surface area contributed by atoms with Crippen LogP contribution in [0.2, 0.25) is 6.32 Å². The van der Waals surface area contributed by atoms with Gasteiger partial charge in [-0.3, -0.25) is 0 Å². The van der Waals surface area contributed by atoms with Crippen molar-refractivity contribution in [3.8, 4) is 0 Å². The number of hydrogen-bond donors (Lipinski definition) is 0. The SMILES string of the molecule is CCBF.O.O.[KH]. The molecule has 0 rings (SSSR count). The fraction of sp³-hybridized carbons (Fsp3) is 1.00. The molecule has 0 aromatic heterocycles. The van der Waals surface area contributed by atoms with Gasteiger partial charge in [-0.2, -0.15) is 0 Å². The molecule has 0 atom stereocenters. The maximum atomic E-state index is 10.7. The summed E-state index contributed by atoms with van der Waals surface area (Å²) in [4.78, 5) is 0. The van der Waals surface area contributed by atoms with Gasteiger partial charge in [0.25, 0.3) is 0 Å². The first kappa shape index (κ1) is 23.5. The second-order valence-electron chi connectivity index (χ2n) is 0.689. The van der Waals surface area contributed by atoms with Crippen LogP contribution in [0.25, 0.3) is 0 Å². The van der Waals surface area contributed by atoms with Crippen LogP contribution >= 0.6 is 0 Å². The van der Waals surface area contributed by atoms with Crippen LogP contribution in [0.4, 0.5) is 4.32 Å². The molecule has 0 amide bonds. The molecule has 42 valence electrons. The summed E-state index contributed by atoms with van der Waals surface area (Å²) in [5, 5.41) is 0. The first-order valence-corrected chi connectivity index (χ1v) is 1.47. The van der Waals surface area contributed by atoms with Gasteiger partial charge in [0, 0.05) is 0 Å². The monoisotopic (exact) mass is 136 g/mol. The number of halogens is 1. The molecule has 0 saturated carbocycles. The molecule has 0 unspecified atom stereocenters. The van der Waals surface area contributed by atoms with Crippen molar-refractivity contribution in [2.45, 2.75) is 13.2 Å². The van der Waals surface area contributed by atoms with E-state index >= 15 is 0 Å². The fourth-order valence-corrected chi connectivity index (χ4v) is 0. The van der Waals surface area contributed by atoms with Gasteiger partial charge in [-0.05, 0) is 6.32 Å². The van der Waals surface area contributed by atoms with E-state index in [4.69, 9.17) is 0 Å². The zero-order chi connectivity index (χ0) is 3.41. The van der Waals surface area contributed by atoms with Crippen LogP contribution in [0.5, 0.6) is 0 Å². The second-order valence-corrected chi connectivity index (χ2v) is 0.689. The van der Waals surface area contributed by atoms with Crippen LogP contribution in [0.1, 0.15) is 6.92 Å². The molecule has 0 aliphatic rings. The summed E-state index contributed by atoms with van der Waals surface area (Å²) >= 11 is 0. The van der Waals surface area contributed by atoms with Gasteiger partial charge in [-0.25, -0.2) is 0 Å². The molecule has 4 N–H and O–H groups in total. The van der Waals surface area contributed by atoms with Gasteiger partial charge in [-0.15, -0.1) is 0 Å². The summed E-state index contributed by atoms with van der Waals surface area (Å²) in [5.74, 6) is 0. The van der Waals surface area contributed by atoms with Gasteiger partial charge in [0.05, 0.1) is 0 Å². The van der Waals surface area contributed by atoms with Gasteiger partial charge in [0.15, 0.2) is 0 Å². The van der Waals surface area contributed by atoms with Crippen molar-refractivity contribution in [3.63, 3.8) is 0 Å². The van der Waals surface area contributed by atoms with E-state index in [1.165, 1.54) is 0 Å². The van der Waals surface area contributed by atoms with Crippen molar-refractivity contribution in [1.29, 1.82) is 0 Å². The van der Waals surface area contributed by atoms with E-state index in [9.17, 15) is 4.32 Å². The van der Waals surface area contributed by atoms with Crippen LogP contribution in [0.3, 0.4) is 0 Å². The van der Waals surface area contributed by atoms with E-state index in [2.05, 4.69) is 0 Å². The van der Waals surface area contributed by atoms with E-state index in [-0.39, 0.29) is 69.9 Å². The van der Waals surface area contributed by atoms with Crippen LogP contribution in [-0.2, 0) is 0 Å². The first-order chi connectivity index (χ1) is 1.91. The minimum absolute atomic E-state index is 0. The zero-order valence-corrected chi connectivity index (χ0v) is 3.79. The van der Waals surface area contributed by atoms with Crippen LogP contribution in [-0.4, -0.2) is 69.9 Å². The van der Waals surface area contributed by atoms with Crippen molar-refractivity contribution < 1.29 is 15.3 Å². The van der Waals surface area contributed by atoms with Crippen molar-refractivity contribution in [2.75, 3.05) is 0 Å². The third-order valence-electron chi connectivity index (χ3n) is 0.189. The van der Waals surface area contributed by atoms with E-state index in [0.717, 1.165) is 0 Å². The van der Waals surface area contributed by atoms with E-state index in [1.807, 2.05) is 0 Å². The Morgan fingerprint density at radius 1 is 1.43 bits per heavy atom. The Morgan fingerprint density at radius 2 is 1.57 bits per heavy atom. The van der Waals surface area contributed by atoms with E-state index < -0.39 is 0 Å². The Labute approximate surface area is 86.2 Å². The van der Waals surface area contributed by atoms with Crippen molar-refractivity contribution >= 4 is 58.9 Å². The third-order valence-corrected chi connectivity index (χ3v) is 0.189. The molecule has 0 aliphatic carbocycles. The van der Waals surface area contributed by atoms with Crippen molar-refractivity contribution in [3.05, 3.63) is 0 Å². The quantitative estimate of drug-likeness (QED) is 0.391. The molecule has 0 spiro atoms. The summed E-state index contributed by atoms with van der Waals surface area (Å²) in [5.41, 5.74) is 0. The van der Waals surface area contributed by atoms with Crippen LogP contribution < -0.4 is 0 Å². The molecule has 0 bridgehead atoms. The summed E-state index contributed by atoms with van der Waals surface area (Å²) in [7, 11) is -0.181. The van der Waals surface area contributed by atoms with E-state index in [1.54, 1.807) is 6.92 Å². The molecule has 2 nitrogen and oxygen atoms in total. The molecule has 5 heteroatoms. The molecule has 0 aliphatic heterocycles. The number of rotatable bonds is 1. The average molecular weight is 136 g/mol. The van der Waals surface area contributed by atoms with Gasteiger partial charge >= 0.3 is 58.9 Å². The maximum absolute atomic E-state index is 10.7. The molecule has 0 aromatic rings. The Hall–Kier alpha value is 1.55. The molecule has 0 aromatic carbocycles. The Kier molecular flexibility index (Phi) is 86.4. The van der Waals surface area contributed by atoms with Crippen LogP contribution in [0, 0.1) is 0 Å². The minimum atomic E-state index is -0.181. The van der Waals surface area contributed by atoms with Gasteiger partial charge in [0.1, 0.15) is 0 Å². The molecule has 0 fully saturated rings. The molecule has 0 radical (unpaired) electrons. The van der Waals surface area contributed by atoms with Gasteiger partial charge < -0.3 is 15.3 Å². The molecule has 0 saturated heterocycles. The summed E-state index contributed by atoms with van der Waals surface area (Å²) < 4.78 is 10.7. The Bertz CT molecular complexity index is 17.7. The molecular weight excluding hydrogens is 125 g/mol.